The first-order valence-corrected chi connectivity index (χ1v) is 44.4. The van der Waals surface area contributed by atoms with Crippen molar-refractivity contribution in [3.8, 4) is 28.4 Å². The summed E-state index contributed by atoms with van der Waals surface area (Å²) in [5.74, 6) is 0.243. The first kappa shape index (κ1) is 91.7. The second-order valence-electron chi connectivity index (χ2n) is 32.8. The van der Waals surface area contributed by atoms with Crippen molar-refractivity contribution < 1.29 is 61.6 Å². The molecule has 660 valence electrons. The number of hydrogen-bond donors (Lipinski definition) is 2. The second-order valence-corrected chi connectivity index (χ2v) is 34.6. The zero-order valence-corrected chi connectivity index (χ0v) is 74.7. The third-order valence-corrected chi connectivity index (χ3v) is 25.3. The minimum absolute atomic E-state index is 0.115. The molecule has 5 saturated heterocycles. The lowest BCUT2D eigenvalue weighted by Crippen LogP contribution is -2.41. The molecule has 30 nitrogen and oxygen atoms in total. The van der Waals surface area contributed by atoms with Crippen LogP contribution in [0.1, 0.15) is 171 Å². The van der Waals surface area contributed by atoms with Crippen molar-refractivity contribution in [2.75, 3.05) is 65.1 Å². The number of Topliss-reactive ketones (excluding diaryl/α,β-unsaturated/α-hetero) is 1. The van der Waals surface area contributed by atoms with Crippen molar-refractivity contribution in [3.05, 3.63) is 264 Å². The van der Waals surface area contributed by atoms with Gasteiger partial charge in [0.25, 0.3) is 0 Å². The number of nitrogens with zero attached hydrogens (tertiary/aromatic N) is 15. The topological polar surface area (TPSA) is 335 Å². The SMILES string of the molecule is Brc1ccc(-n2cnnc2)cc1.C1=C(c2ccc(-n3cnnc3)cc2)CCC2(C1)OCCO2.C1=C(c2ccc(-n3cnnc3)cc2)CCC2(C1)OCCO2.CC1(C)OB(C2=CCC3(CC2)OCCO3)OC1(C)C.Nc1ccc(Br)cc1.O=C1CCC(c2ccc(-n3cnnc3)cc2)CC1.O=CCNC=O.c1cc(-n2cnnc2)ccc1C1CCC2(CC1)OCCO2. The molecule has 10 aliphatic rings. The van der Waals surface area contributed by atoms with Crippen molar-refractivity contribution in [3.63, 3.8) is 0 Å². The normalized spacial score (nSPS) is 19.6. The van der Waals surface area contributed by atoms with Crippen LogP contribution in [-0.2, 0) is 61.6 Å². The molecule has 6 aromatic carbocycles. The molecule has 11 aromatic rings. The largest absolute Gasteiger partial charge is 0.490 e. The summed E-state index contributed by atoms with van der Waals surface area (Å²) in [5, 5.41) is 40.2. The van der Waals surface area contributed by atoms with E-state index in [9.17, 15) is 14.4 Å². The monoisotopic (exact) mass is 1840 g/mol. The zero-order valence-electron chi connectivity index (χ0n) is 71.5. The van der Waals surface area contributed by atoms with Crippen LogP contribution in [0.4, 0.5) is 5.69 Å². The molecule has 3 N–H and O–H groups in total. The summed E-state index contributed by atoms with van der Waals surface area (Å²) in [5.41, 5.74) is 20.3. The lowest BCUT2D eigenvalue weighted by atomic mass is 9.71. The average molecular weight is 1840 g/mol. The Balaban J connectivity index is 0.000000120. The molecule has 4 spiro atoms. The summed E-state index contributed by atoms with van der Waals surface area (Å²) in [7, 11) is -0.219. The minimum Gasteiger partial charge on any atom is -0.400 e. The molecule has 2 saturated carbocycles. The molecule has 5 aromatic heterocycles. The Morgan fingerprint density at radius 1 is 0.389 bits per heavy atom. The minimum atomic E-state index is -0.368. The summed E-state index contributed by atoms with van der Waals surface area (Å²) >= 11 is 6.66. The number of aldehydes is 1. The maximum absolute atomic E-state index is 11.2. The van der Waals surface area contributed by atoms with Gasteiger partial charge in [-0.25, -0.2) is 0 Å². The van der Waals surface area contributed by atoms with E-state index in [1.807, 2.05) is 71.4 Å². The van der Waals surface area contributed by atoms with Gasteiger partial charge in [-0.1, -0.05) is 98.6 Å². The summed E-state index contributed by atoms with van der Waals surface area (Å²) in [4.78, 5) is 29.9. The van der Waals surface area contributed by atoms with Crippen molar-refractivity contribution in [2.24, 2.45) is 0 Å². The fourth-order valence-electron chi connectivity index (χ4n) is 16.3. The molecular formula is C93H108BBr2N17O13. The third-order valence-electron chi connectivity index (χ3n) is 24.2. The van der Waals surface area contributed by atoms with E-state index in [0.717, 1.165) is 192 Å². The van der Waals surface area contributed by atoms with Crippen LogP contribution in [0, 0.1) is 0 Å². The Labute approximate surface area is 750 Å². The lowest BCUT2D eigenvalue weighted by molar-refractivity contribution is -0.178. The molecule has 0 unspecified atom stereocenters. The maximum Gasteiger partial charge on any atom is 0.490 e. The predicted octanol–water partition coefficient (Wildman–Crippen LogP) is 15.8. The van der Waals surface area contributed by atoms with Crippen LogP contribution >= 0.6 is 31.9 Å². The van der Waals surface area contributed by atoms with Crippen LogP contribution in [0.3, 0.4) is 0 Å². The van der Waals surface area contributed by atoms with Gasteiger partial charge in [0.05, 0.1) is 70.6 Å². The Hall–Kier alpha value is -10.5. The highest BCUT2D eigenvalue weighted by molar-refractivity contribution is 9.10. The number of amides is 1. The van der Waals surface area contributed by atoms with Gasteiger partial charge in [-0.05, 0) is 220 Å². The number of nitrogen functional groups attached to an aromatic ring is 1. The number of ketones is 1. The number of benzene rings is 6. The molecule has 7 fully saturated rings. The molecule has 21 rings (SSSR count). The van der Waals surface area contributed by atoms with E-state index in [1.165, 1.54) is 38.9 Å². The molecular weight excluding hydrogens is 1730 g/mol. The maximum atomic E-state index is 11.2. The van der Waals surface area contributed by atoms with Gasteiger partial charge in [-0.3, -0.25) is 32.4 Å². The molecule has 5 aliphatic carbocycles. The van der Waals surface area contributed by atoms with Crippen LogP contribution in [0.15, 0.2) is 242 Å². The molecule has 0 radical (unpaired) electrons. The second kappa shape index (κ2) is 43.8. The Bertz CT molecular complexity index is 5080. The fraction of sp³-hybridized carbons (Fsp3) is 0.409. The standard InChI is InChI=1S/C16H19N3O2.2C16H17N3O2.C14H23BO4.C14H15N3O.C8H6BrN3.C6H6BrN.C3H5NO2/c3*1-3-15(19-11-17-18-12-19)4-2-13(1)14-5-7-16(8-6-14)20-9-10-21-16;1-12(2)13(3,4)19-15(18-12)11-5-7-14(8-6-11)16-9-10-17-14;18-14-7-3-12(4-8-14)11-1-5-13(6-2-11)17-9-15-16-10-17;9-7-1-3-8(4-2-7)12-5-10-11-6-12;7-5-1-3-6(8)4-2-5;5-2-1-4-3-6/h1-4,11-12,14H,5-10H2;2*1-5,11-12H,6-10H2;5H,6-10H2,1-4H3;1-2,5-6,9-10,12H,3-4,7-8H2;1-6H;1-4H,8H2;2-3H,1H2,(H,4,6). The highest BCUT2D eigenvalue weighted by Crippen LogP contribution is 2.46. The van der Waals surface area contributed by atoms with Gasteiger partial charge in [-0.2, -0.15) is 0 Å². The summed E-state index contributed by atoms with van der Waals surface area (Å²) < 4.78 is 69.8. The third kappa shape index (κ3) is 24.8. The van der Waals surface area contributed by atoms with Crippen LogP contribution < -0.4 is 11.1 Å². The van der Waals surface area contributed by atoms with Gasteiger partial charge in [0.2, 0.25) is 6.41 Å². The first-order valence-electron chi connectivity index (χ1n) is 42.9. The quantitative estimate of drug-likeness (QED) is 0.0468. The van der Waals surface area contributed by atoms with Crippen LogP contribution in [0.25, 0.3) is 39.6 Å². The molecule has 1 amide bonds. The van der Waals surface area contributed by atoms with E-state index in [-0.39, 0.29) is 48.0 Å². The van der Waals surface area contributed by atoms with E-state index >= 15 is 0 Å². The number of carbonyl (C=O) groups excluding carboxylic acids is 3. The van der Waals surface area contributed by atoms with Gasteiger partial charge < -0.3 is 63.0 Å². The number of nitrogens with two attached hydrogens (primary N) is 1. The Morgan fingerprint density at radius 3 is 0.984 bits per heavy atom. The molecule has 33 heteroatoms. The van der Waals surface area contributed by atoms with Gasteiger partial charge in [0.1, 0.15) is 75.3 Å². The van der Waals surface area contributed by atoms with Crippen molar-refractivity contribution in [2.45, 2.75) is 183 Å². The molecule has 0 bridgehead atoms. The van der Waals surface area contributed by atoms with Crippen molar-refractivity contribution >= 4 is 74.3 Å². The molecule has 0 atom stereocenters. The van der Waals surface area contributed by atoms with Gasteiger partial charge >= 0.3 is 7.12 Å². The Morgan fingerprint density at radius 2 is 0.690 bits per heavy atom. The van der Waals surface area contributed by atoms with Gasteiger partial charge in [-0.15, -0.1) is 51.0 Å². The van der Waals surface area contributed by atoms with E-state index in [0.29, 0.717) is 43.5 Å². The van der Waals surface area contributed by atoms with Gasteiger partial charge in [0, 0.05) is 107 Å². The smallest absolute Gasteiger partial charge is 0.400 e. The summed E-state index contributed by atoms with van der Waals surface area (Å²) in [6.45, 7) is 14.2. The number of allylic oxidation sites excluding steroid dienone is 3. The fourth-order valence-corrected chi connectivity index (χ4v) is 16.8. The van der Waals surface area contributed by atoms with E-state index < -0.39 is 0 Å². The number of hydrogen-bond acceptors (Lipinski definition) is 24. The van der Waals surface area contributed by atoms with Gasteiger partial charge in [0.15, 0.2) is 23.1 Å². The number of nitrogens with one attached hydrogen (secondary N) is 1. The average Bonchev–Trinajstić information content (AvgIpc) is 1.62. The molecule has 5 aliphatic heterocycles. The number of carbonyl (C=O) groups is 3. The molecule has 10 heterocycles. The lowest BCUT2D eigenvalue weighted by Gasteiger charge is -2.35. The predicted molar refractivity (Wildman–Crippen MR) is 481 cm³/mol. The van der Waals surface area contributed by atoms with E-state index in [1.54, 1.807) is 63.3 Å². The highest BCUT2D eigenvalue weighted by Gasteiger charge is 2.54. The van der Waals surface area contributed by atoms with E-state index in [2.05, 4.69) is 231 Å². The number of halogens is 2. The number of anilines is 1. The van der Waals surface area contributed by atoms with E-state index in [4.69, 9.17) is 52.9 Å². The molecule has 126 heavy (non-hydrogen) atoms. The first-order chi connectivity index (χ1) is 61.3. The number of ether oxygens (including phenoxy) is 8. The summed E-state index contributed by atoms with van der Waals surface area (Å²) in [6, 6.07) is 49.6. The van der Waals surface area contributed by atoms with Crippen LogP contribution in [0.5, 0.6) is 0 Å². The van der Waals surface area contributed by atoms with Crippen molar-refractivity contribution in [1.82, 2.24) is 79.1 Å². The van der Waals surface area contributed by atoms with Crippen LogP contribution in [-0.4, -0.2) is 193 Å². The number of rotatable bonds is 13. The zero-order chi connectivity index (χ0) is 87.7. The van der Waals surface area contributed by atoms with Crippen LogP contribution in [0.2, 0.25) is 0 Å². The van der Waals surface area contributed by atoms with Crippen molar-refractivity contribution in [1.29, 1.82) is 0 Å². The highest BCUT2D eigenvalue weighted by atomic mass is 79.9. The summed E-state index contributed by atoms with van der Waals surface area (Å²) in [6.07, 6.45) is 40.6. The number of aromatic nitrogens is 15. The Kier molecular flexibility index (Phi) is 31.9.